The van der Waals surface area contributed by atoms with Crippen LogP contribution in [-0.4, -0.2) is 50.1 Å². The van der Waals surface area contributed by atoms with Crippen molar-refractivity contribution in [2.24, 2.45) is 0 Å². The van der Waals surface area contributed by atoms with Crippen molar-refractivity contribution in [3.05, 3.63) is 65.0 Å². The maximum atomic E-state index is 13.9. The van der Waals surface area contributed by atoms with E-state index in [1.165, 1.54) is 12.1 Å². The fourth-order valence-electron chi connectivity index (χ4n) is 3.35. The molecule has 0 saturated carbocycles. The molecule has 6 nitrogen and oxygen atoms in total. The minimum atomic E-state index is -2.19. The average molecular weight is 427 g/mol. The fourth-order valence-corrected chi connectivity index (χ4v) is 3.69. The second-order valence-corrected chi connectivity index (χ2v) is 7.57. The zero-order valence-electron chi connectivity index (χ0n) is 15.6. The Balaban J connectivity index is 1.63. The van der Waals surface area contributed by atoms with E-state index < -0.39 is 28.7 Å². The summed E-state index contributed by atoms with van der Waals surface area (Å²) in [6.07, 6.45) is 0. The molecule has 156 valence electrons. The van der Waals surface area contributed by atoms with Crippen molar-refractivity contribution in [3.63, 3.8) is 0 Å². The second kappa shape index (κ2) is 8.93. The number of nitrogens with zero attached hydrogens (tertiary/aromatic N) is 2. The van der Waals surface area contributed by atoms with Crippen LogP contribution in [0.2, 0.25) is 0 Å². The van der Waals surface area contributed by atoms with Crippen LogP contribution in [0.1, 0.15) is 22.8 Å². The van der Waals surface area contributed by atoms with E-state index in [4.69, 9.17) is 4.55 Å². The molecule has 0 aromatic heterocycles. The molecular weight excluding hydrogens is 407 g/mol. The third kappa shape index (κ3) is 5.14. The number of amides is 1. The quantitative estimate of drug-likeness (QED) is 0.569. The Morgan fingerprint density at radius 1 is 1.14 bits per heavy atom. The molecule has 1 heterocycles. The van der Waals surface area contributed by atoms with E-state index in [0.717, 1.165) is 6.07 Å². The Kier molecular flexibility index (Phi) is 6.56. The molecule has 0 aliphatic carbocycles. The van der Waals surface area contributed by atoms with Crippen molar-refractivity contribution in [1.29, 1.82) is 0 Å². The Labute approximate surface area is 168 Å². The molecule has 10 heteroatoms. The highest BCUT2D eigenvalue weighted by atomic mass is 32.2. The van der Waals surface area contributed by atoms with E-state index in [2.05, 4.69) is 4.72 Å². The summed E-state index contributed by atoms with van der Waals surface area (Å²) in [7, 11) is 0. The molecule has 1 amide bonds. The summed E-state index contributed by atoms with van der Waals surface area (Å²) in [4.78, 5) is 16.3. The number of hydrogen-bond donors (Lipinski definition) is 2. The number of nitrogens with one attached hydrogen (secondary N) is 1. The third-order valence-electron chi connectivity index (χ3n) is 4.79. The highest BCUT2D eigenvalue weighted by Gasteiger charge is 2.28. The van der Waals surface area contributed by atoms with Crippen molar-refractivity contribution in [1.82, 2.24) is 9.80 Å². The normalized spacial score (nSPS) is 18.5. The Bertz CT molecular complexity index is 927. The molecule has 0 spiro atoms. The summed E-state index contributed by atoms with van der Waals surface area (Å²) in [6.45, 7) is 3.28. The molecule has 2 aromatic rings. The first kappa shape index (κ1) is 21.3. The van der Waals surface area contributed by atoms with Gasteiger partial charge in [-0.05, 0) is 37.3 Å². The van der Waals surface area contributed by atoms with E-state index in [9.17, 15) is 22.2 Å². The molecule has 1 saturated heterocycles. The second-order valence-electron chi connectivity index (χ2n) is 6.87. The van der Waals surface area contributed by atoms with Gasteiger partial charge in [0, 0.05) is 55.1 Å². The van der Waals surface area contributed by atoms with Crippen molar-refractivity contribution in [2.75, 3.05) is 24.4 Å². The molecule has 1 unspecified atom stereocenters. The first-order valence-corrected chi connectivity index (χ1v) is 9.99. The number of anilines is 1. The summed E-state index contributed by atoms with van der Waals surface area (Å²) in [5.41, 5.74) is 0.917. The van der Waals surface area contributed by atoms with E-state index in [-0.39, 0.29) is 24.1 Å². The van der Waals surface area contributed by atoms with Crippen LogP contribution in [-0.2, 0) is 17.8 Å². The standard InChI is InChI=1S/C19H20F3N3O3S/c1-12-10-24(11-14-8-17(21)18(22)9-16(14)20)6-7-25(12)19(26)13-2-4-15(5-3-13)23-29(27)28/h2-5,8-9,12,23H,6-7,10-11H2,1H3,(H,27,28)/t12-/m1/s1. The lowest BCUT2D eigenvalue weighted by atomic mass is 10.1. The predicted octanol–water partition coefficient (Wildman–Crippen LogP) is 3.00. The van der Waals surface area contributed by atoms with Gasteiger partial charge >= 0.3 is 0 Å². The van der Waals surface area contributed by atoms with Gasteiger partial charge in [0.2, 0.25) is 0 Å². The van der Waals surface area contributed by atoms with Crippen LogP contribution in [0.5, 0.6) is 0 Å². The largest absolute Gasteiger partial charge is 0.333 e. The number of hydrogen-bond acceptors (Lipinski definition) is 3. The van der Waals surface area contributed by atoms with Crippen LogP contribution in [0.15, 0.2) is 36.4 Å². The Hall–Kier alpha value is -2.43. The molecule has 2 N–H and O–H groups in total. The van der Waals surface area contributed by atoms with E-state index in [1.54, 1.807) is 17.0 Å². The number of carbonyl (C=O) groups excluding carboxylic acids is 1. The van der Waals surface area contributed by atoms with Crippen molar-refractivity contribution in [3.8, 4) is 0 Å². The predicted molar refractivity (Wildman–Crippen MR) is 103 cm³/mol. The zero-order valence-corrected chi connectivity index (χ0v) is 16.4. The summed E-state index contributed by atoms with van der Waals surface area (Å²) >= 11 is -2.19. The Morgan fingerprint density at radius 3 is 2.41 bits per heavy atom. The lowest BCUT2D eigenvalue weighted by Crippen LogP contribution is -2.53. The van der Waals surface area contributed by atoms with Crippen molar-refractivity contribution >= 4 is 22.9 Å². The SMILES string of the molecule is C[C@@H]1CN(Cc2cc(F)c(F)cc2F)CCN1C(=O)c1ccc(NS(=O)O)cc1. The minimum Gasteiger partial charge on any atom is -0.333 e. The van der Waals surface area contributed by atoms with Crippen molar-refractivity contribution in [2.45, 2.75) is 19.5 Å². The van der Waals surface area contributed by atoms with Crippen LogP contribution < -0.4 is 4.72 Å². The fraction of sp³-hybridized carbons (Fsp3) is 0.316. The third-order valence-corrected chi connectivity index (χ3v) is 5.20. The lowest BCUT2D eigenvalue weighted by molar-refractivity contribution is 0.0473. The molecule has 29 heavy (non-hydrogen) atoms. The van der Waals surface area contributed by atoms with Crippen molar-refractivity contribution < 1.29 is 26.7 Å². The van der Waals surface area contributed by atoms with Gasteiger partial charge in [0.25, 0.3) is 17.2 Å². The van der Waals surface area contributed by atoms with Gasteiger partial charge in [0.15, 0.2) is 11.6 Å². The maximum Gasteiger partial charge on any atom is 0.259 e. The molecule has 3 rings (SSSR count). The topological polar surface area (TPSA) is 72.9 Å². The van der Waals surface area contributed by atoms with Gasteiger partial charge < -0.3 is 4.90 Å². The van der Waals surface area contributed by atoms with Crippen LogP contribution in [0.25, 0.3) is 0 Å². The van der Waals surface area contributed by atoms with Gasteiger partial charge in [-0.25, -0.2) is 17.4 Å². The molecule has 0 radical (unpaired) electrons. The number of piperazine rings is 1. The van der Waals surface area contributed by atoms with Gasteiger partial charge in [0.05, 0.1) is 0 Å². The minimum absolute atomic E-state index is 0.0697. The smallest absolute Gasteiger partial charge is 0.259 e. The molecule has 2 atom stereocenters. The molecular formula is C19H20F3N3O3S. The summed E-state index contributed by atoms with van der Waals surface area (Å²) < 4.78 is 62.2. The zero-order chi connectivity index (χ0) is 21.1. The molecule has 2 aromatic carbocycles. The maximum absolute atomic E-state index is 13.9. The summed E-state index contributed by atoms with van der Waals surface area (Å²) in [6, 6.07) is 7.43. The highest BCUT2D eigenvalue weighted by Crippen LogP contribution is 2.20. The summed E-state index contributed by atoms with van der Waals surface area (Å²) in [5.74, 6) is -3.30. The number of benzene rings is 2. The first-order chi connectivity index (χ1) is 13.7. The molecule has 1 fully saturated rings. The van der Waals surface area contributed by atoms with Crippen LogP contribution in [0, 0.1) is 17.5 Å². The lowest BCUT2D eigenvalue weighted by Gasteiger charge is -2.40. The van der Waals surface area contributed by atoms with E-state index >= 15 is 0 Å². The summed E-state index contributed by atoms with van der Waals surface area (Å²) in [5, 5.41) is 0. The van der Waals surface area contributed by atoms with Gasteiger partial charge in [-0.15, -0.1) is 0 Å². The number of rotatable bonds is 5. The van der Waals surface area contributed by atoms with Crippen LogP contribution in [0.4, 0.5) is 18.9 Å². The molecule has 1 aliphatic heterocycles. The van der Waals surface area contributed by atoms with E-state index in [1.807, 2.05) is 11.8 Å². The number of carbonyl (C=O) groups is 1. The van der Waals surface area contributed by atoms with E-state index in [0.29, 0.717) is 37.0 Å². The monoisotopic (exact) mass is 427 g/mol. The molecule has 0 bridgehead atoms. The van der Waals surface area contributed by atoms with Gasteiger partial charge in [0.1, 0.15) is 5.82 Å². The number of halogens is 3. The van der Waals surface area contributed by atoms with Gasteiger partial charge in [-0.3, -0.25) is 19.0 Å². The van der Waals surface area contributed by atoms with Crippen LogP contribution in [0.3, 0.4) is 0 Å². The highest BCUT2D eigenvalue weighted by molar-refractivity contribution is 7.80. The van der Waals surface area contributed by atoms with Gasteiger partial charge in [-0.1, -0.05) is 0 Å². The first-order valence-electron chi connectivity index (χ1n) is 8.89. The molecule has 1 aliphatic rings. The Morgan fingerprint density at radius 2 is 1.79 bits per heavy atom. The van der Waals surface area contributed by atoms with Gasteiger partial charge in [-0.2, -0.15) is 0 Å². The van der Waals surface area contributed by atoms with Crippen LogP contribution >= 0.6 is 0 Å². The average Bonchev–Trinajstić information content (AvgIpc) is 2.66.